The van der Waals surface area contributed by atoms with E-state index in [-0.39, 0.29) is 62.6 Å². The van der Waals surface area contributed by atoms with Crippen LogP contribution in [0.3, 0.4) is 0 Å². The SMILES string of the molecule is CC/C1=C\CC(/C(C)=C/C(C)C(C)=O)OC(=O)C2CCCCN2C(=O)C(=O)C2(O)OC(CCC2C)CC(O)C(C)C(O)CC(O)CC(O)/C(C)=C/C(C)CC(C)C1=O. The Morgan fingerprint density at radius 2 is 1.60 bits per heavy atom. The zero-order valence-corrected chi connectivity index (χ0v) is 36.2. The van der Waals surface area contributed by atoms with E-state index in [0.717, 1.165) is 4.90 Å². The number of nitrogens with zero attached hydrogens (tertiary/aromatic N) is 1. The fraction of sp³-hybridized carbons (Fsp3) is 0.756. The fourth-order valence-electron chi connectivity index (χ4n) is 8.42. The van der Waals surface area contributed by atoms with Crippen molar-refractivity contribution in [3.63, 3.8) is 0 Å². The molecule has 0 aromatic heterocycles. The summed E-state index contributed by atoms with van der Waals surface area (Å²) in [6.45, 7) is 15.6. The van der Waals surface area contributed by atoms with Crippen LogP contribution < -0.4 is 0 Å². The van der Waals surface area contributed by atoms with Gasteiger partial charge < -0.3 is 39.9 Å². The summed E-state index contributed by atoms with van der Waals surface area (Å²) < 4.78 is 12.0. The highest BCUT2D eigenvalue weighted by Gasteiger charge is 2.53. The Morgan fingerprint density at radius 3 is 2.24 bits per heavy atom. The second-order valence-electron chi connectivity index (χ2n) is 17.6. The molecule has 0 aromatic rings. The van der Waals surface area contributed by atoms with Crippen LogP contribution in [0.1, 0.15) is 133 Å². The van der Waals surface area contributed by atoms with Crippen molar-refractivity contribution < 1.29 is 59.0 Å². The third-order valence-electron chi connectivity index (χ3n) is 12.7. The summed E-state index contributed by atoms with van der Waals surface area (Å²) in [5.41, 5.74) is 1.74. The lowest BCUT2D eigenvalue weighted by molar-refractivity contribution is -0.266. The van der Waals surface area contributed by atoms with E-state index in [1.807, 2.05) is 26.8 Å². The van der Waals surface area contributed by atoms with Gasteiger partial charge in [-0.25, -0.2) is 4.79 Å². The van der Waals surface area contributed by atoms with Crippen molar-refractivity contribution >= 4 is 29.2 Å². The molecule has 2 saturated heterocycles. The van der Waals surface area contributed by atoms with Crippen LogP contribution in [-0.2, 0) is 33.4 Å². The summed E-state index contributed by atoms with van der Waals surface area (Å²) in [5.74, 6) is -8.29. The maximum Gasteiger partial charge on any atom is 0.329 e. The molecule has 58 heavy (non-hydrogen) atoms. The number of esters is 1. The van der Waals surface area contributed by atoms with Crippen molar-refractivity contribution in [2.24, 2.45) is 29.6 Å². The van der Waals surface area contributed by atoms with E-state index < -0.39 is 89.8 Å². The number of piperidine rings is 1. The minimum Gasteiger partial charge on any atom is -0.456 e. The van der Waals surface area contributed by atoms with E-state index in [4.69, 9.17) is 9.47 Å². The van der Waals surface area contributed by atoms with Gasteiger partial charge in [0.1, 0.15) is 17.9 Å². The predicted octanol–water partition coefficient (Wildman–Crippen LogP) is 4.69. The van der Waals surface area contributed by atoms with Gasteiger partial charge in [0.25, 0.3) is 11.7 Å². The Kier molecular flexibility index (Phi) is 18.7. The molecule has 0 radical (unpaired) electrons. The number of ketones is 3. The van der Waals surface area contributed by atoms with E-state index in [1.54, 1.807) is 46.8 Å². The van der Waals surface area contributed by atoms with Crippen LogP contribution in [0.15, 0.2) is 34.9 Å². The van der Waals surface area contributed by atoms with E-state index in [0.29, 0.717) is 48.8 Å². The molecule has 3 aliphatic rings. The van der Waals surface area contributed by atoms with Gasteiger partial charge in [-0.1, -0.05) is 59.8 Å². The lowest BCUT2D eigenvalue weighted by Gasteiger charge is -2.43. The van der Waals surface area contributed by atoms with Gasteiger partial charge in [0, 0.05) is 43.1 Å². The molecule has 3 heterocycles. The normalized spacial score (nSPS) is 39.0. The van der Waals surface area contributed by atoms with E-state index in [2.05, 4.69) is 0 Å². The number of cyclic esters (lactones) is 1. The molecule has 3 rings (SSSR count). The number of allylic oxidation sites excluding steroid dienone is 3. The molecule has 0 aliphatic carbocycles. The van der Waals surface area contributed by atoms with Gasteiger partial charge in [0.05, 0.1) is 30.5 Å². The third kappa shape index (κ3) is 13.0. The van der Waals surface area contributed by atoms with Crippen molar-refractivity contribution in [2.75, 3.05) is 6.54 Å². The molecule has 1 amide bonds. The maximum atomic E-state index is 14.1. The van der Waals surface area contributed by atoms with Gasteiger partial charge in [-0.15, -0.1) is 0 Å². The average molecular weight is 818 g/mol. The molecular weight excluding hydrogens is 746 g/mol. The topological polar surface area (TPSA) is 208 Å². The first-order valence-corrected chi connectivity index (χ1v) is 21.4. The molecule has 13 heteroatoms. The molecule has 2 fully saturated rings. The van der Waals surface area contributed by atoms with Crippen molar-refractivity contribution in [3.05, 3.63) is 34.9 Å². The number of carbonyl (C=O) groups excluding carboxylic acids is 5. The summed E-state index contributed by atoms with van der Waals surface area (Å²) in [6, 6.07) is -1.14. The number of aliphatic hydroxyl groups excluding tert-OH is 4. The summed E-state index contributed by atoms with van der Waals surface area (Å²) in [6.07, 6.45) is 1.88. The highest BCUT2D eigenvalue weighted by molar-refractivity contribution is 6.39. The number of rotatable bonds is 4. The predicted molar refractivity (Wildman–Crippen MR) is 218 cm³/mol. The molecular formula is C45H71NO12. The van der Waals surface area contributed by atoms with E-state index in [9.17, 15) is 49.5 Å². The van der Waals surface area contributed by atoms with Crippen LogP contribution in [0.2, 0.25) is 0 Å². The first-order valence-electron chi connectivity index (χ1n) is 21.4. The number of aliphatic hydroxyl groups is 5. The summed E-state index contributed by atoms with van der Waals surface area (Å²) in [4.78, 5) is 69.1. The Morgan fingerprint density at radius 1 is 0.948 bits per heavy atom. The lowest BCUT2D eigenvalue weighted by Crippen LogP contribution is -2.61. The second-order valence-corrected chi connectivity index (χ2v) is 17.6. The largest absolute Gasteiger partial charge is 0.456 e. The first-order chi connectivity index (χ1) is 27.1. The molecule has 0 saturated carbocycles. The third-order valence-corrected chi connectivity index (χ3v) is 12.7. The summed E-state index contributed by atoms with van der Waals surface area (Å²) in [5, 5.41) is 55.6. The number of hydrogen-bond acceptors (Lipinski definition) is 12. The number of carbonyl (C=O) groups is 5. The molecule has 5 N–H and O–H groups in total. The van der Waals surface area contributed by atoms with Crippen LogP contribution in [0.25, 0.3) is 0 Å². The van der Waals surface area contributed by atoms with Crippen LogP contribution >= 0.6 is 0 Å². The summed E-state index contributed by atoms with van der Waals surface area (Å²) in [7, 11) is 0. The molecule has 2 bridgehead atoms. The van der Waals surface area contributed by atoms with Crippen LogP contribution in [-0.4, -0.2) is 115 Å². The lowest BCUT2D eigenvalue weighted by atomic mass is 9.83. The smallest absolute Gasteiger partial charge is 0.329 e. The quantitative estimate of drug-likeness (QED) is 0.149. The van der Waals surface area contributed by atoms with Gasteiger partial charge >= 0.3 is 5.97 Å². The van der Waals surface area contributed by atoms with Gasteiger partial charge in [-0.3, -0.25) is 19.2 Å². The molecule has 0 spiro atoms. The Hall–Kier alpha value is -3.07. The molecule has 3 aliphatic heterocycles. The van der Waals surface area contributed by atoms with Gasteiger partial charge in [0.15, 0.2) is 5.78 Å². The van der Waals surface area contributed by atoms with Crippen LogP contribution in [0, 0.1) is 29.6 Å². The van der Waals surface area contributed by atoms with Crippen LogP contribution in [0.4, 0.5) is 0 Å². The molecule has 13 unspecified atom stereocenters. The fourth-order valence-corrected chi connectivity index (χ4v) is 8.42. The Bertz CT molecular complexity index is 1550. The molecule has 13 atom stereocenters. The molecule has 328 valence electrons. The number of fused-ring (bicyclic) bond motifs is 3. The zero-order valence-electron chi connectivity index (χ0n) is 36.2. The average Bonchev–Trinajstić information content (AvgIpc) is 3.17. The maximum absolute atomic E-state index is 14.1. The van der Waals surface area contributed by atoms with Crippen molar-refractivity contribution in [1.29, 1.82) is 0 Å². The number of ether oxygens (including phenoxy) is 2. The van der Waals surface area contributed by atoms with Crippen molar-refractivity contribution in [1.82, 2.24) is 4.90 Å². The Labute approximate surface area is 344 Å². The molecule has 0 aromatic carbocycles. The monoisotopic (exact) mass is 817 g/mol. The minimum absolute atomic E-state index is 0.0540. The van der Waals surface area contributed by atoms with E-state index >= 15 is 0 Å². The van der Waals surface area contributed by atoms with Crippen molar-refractivity contribution in [2.45, 2.75) is 181 Å². The number of hydrogen-bond donors (Lipinski definition) is 5. The highest BCUT2D eigenvalue weighted by Crippen LogP contribution is 2.37. The van der Waals surface area contributed by atoms with Gasteiger partial charge in [-0.2, -0.15) is 0 Å². The molecule has 13 nitrogen and oxygen atoms in total. The van der Waals surface area contributed by atoms with Crippen molar-refractivity contribution in [3.8, 4) is 0 Å². The summed E-state index contributed by atoms with van der Waals surface area (Å²) >= 11 is 0. The standard InChI is InChI=1S/C45H71NO12/c1-10-33-15-17-40(28(5)21-26(3)32(9)47)57-44(55)36-13-11-12-18-46(36)43(54)42(53)45(56)30(7)14-16-35(58-45)24-39(51)31(8)38(50)23-34(48)22-37(49)27(4)19-25(2)20-29(6)41(33)52/h15,19,21,25-26,29-31,34-40,48-51,56H,10-14,16-18,20,22-24H2,1-9H3/b27-19+,28-21+,33-15+. The van der Waals surface area contributed by atoms with Gasteiger partial charge in [-0.05, 0) is 101 Å². The number of amides is 1. The second kappa shape index (κ2) is 22.0. The highest BCUT2D eigenvalue weighted by atomic mass is 16.6. The minimum atomic E-state index is -2.54. The Balaban J connectivity index is 2.05. The van der Waals surface area contributed by atoms with E-state index in [1.165, 1.54) is 6.92 Å². The number of Topliss-reactive ketones (excluding diaryl/α,β-unsaturated/α-hetero) is 3. The zero-order chi connectivity index (χ0) is 43.6. The first kappa shape index (κ1) is 49.3. The van der Waals surface area contributed by atoms with Crippen LogP contribution in [0.5, 0.6) is 0 Å². The van der Waals surface area contributed by atoms with Gasteiger partial charge in [0.2, 0.25) is 5.79 Å².